The number of anilines is 1. The molecule has 3 aromatic rings. The van der Waals surface area contributed by atoms with Crippen LogP contribution >= 0.6 is 0 Å². The first-order valence-corrected chi connectivity index (χ1v) is 10.5. The molecular weight excluding hydrogens is 398 g/mol. The van der Waals surface area contributed by atoms with Gasteiger partial charge in [-0.05, 0) is 43.9 Å². The van der Waals surface area contributed by atoms with Gasteiger partial charge in [-0.2, -0.15) is 4.98 Å². The van der Waals surface area contributed by atoms with Gasteiger partial charge in [-0.3, -0.25) is 4.79 Å². The molecule has 162 valence electrons. The number of carbonyl (C=O) groups is 1. The summed E-state index contributed by atoms with van der Waals surface area (Å²) in [7, 11) is 1.58. The lowest BCUT2D eigenvalue weighted by molar-refractivity contribution is -0.158. The average Bonchev–Trinajstić information content (AvgIpc) is 3.23. The van der Waals surface area contributed by atoms with Crippen LogP contribution in [0.2, 0.25) is 0 Å². The van der Waals surface area contributed by atoms with Gasteiger partial charge in [-0.15, -0.1) is 0 Å². The van der Waals surface area contributed by atoms with Crippen LogP contribution in [0.25, 0.3) is 22.6 Å². The van der Waals surface area contributed by atoms with Gasteiger partial charge in [0, 0.05) is 30.9 Å². The van der Waals surface area contributed by atoms with Crippen molar-refractivity contribution in [2.45, 2.75) is 31.3 Å². The number of ether oxygens (including phenoxy) is 2. The van der Waals surface area contributed by atoms with E-state index in [-0.39, 0.29) is 11.5 Å². The molecule has 0 amide bonds. The van der Waals surface area contributed by atoms with Crippen LogP contribution in [-0.2, 0) is 9.53 Å². The van der Waals surface area contributed by atoms with Crippen molar-refractivity contribution in [1.29, 1.82) is 0 Å². The number of carboxylic acid groups (broad SMARTS) is 1. The van der Waals surface area contributed by atoms with E-state index in [4.69, 9.17) is 9.47 Å². The number of carboxylic acids is 1. The maximum atomic E-state index is 11.2. The fourth-order valence-corrected chi connectivity index (χ4v) is 4.44. The molecule has 1 spiro atoms. The summed E-state index contributed by atoms with van der Waals surface area (Å²) < 4.78 is 11.2. The molecule has 3 aromatic heterocycles. The minimum Gasteiger partial charge on any atom is -0.481 e. The molecule has 31 heavy (non-hydrogen) atoms. The van der Waals surface area contributed by atoms with E-state index in [2.05, 4.69) is 24.8 Å². The zero-order valence-electron chi connectivity index (χ0n) is 17.4. The number of aromatic amines is 1. The number of H-pyrrole nitrogens is 1. The molecule has 2 aliphatic heterocycles. The molecular formula is C22H25N5O4. The van der Waals surface area contributed by atoms with E-state index in [0.29, 0.717) is 24.6 Å². The van der Waals surface area contributed by atoms with Crippen molar-refractivity contribution >= 4 is 23.0 Å². The third-order valence-corrected chi connectivity index (χ3v) is 6.44. The molecule has 0 aromatic carbocycles. The van der Waals surface area contributed by atoms with E-state index >= 15 is 0 Å². The van der Waals surface area contributed by atoms with Gasteiger partial charge in [0.25, 0.3) is 0 Å². The number of imidazole rings is 1. The third kappa shape index (κ3) is 3.81. The summed E-state index contributed by atoms with van der Waals surface area (Å²) in [4.78, 5) is 30.2. The summed E-state index contributed by atoms with van der Waals surface area (Å²) in [6.07, 6.45) is 5.11. The first kappa shape index (κ1) is 19.7. The van der Waals surface area contributed by atoms with E-state index < -0.39 is 5.97 Å². The van der Waals surface area contributed by atoms with Crippen LogP contribution in [0, 0.1) is 5.92 Å². The smallest absolute Gasteiger partial charge is 0.308 e. The number of fused-ring (bicyclic) bond motifs is 1. The summed E-state index contributed by atoms with van der Waals surface area (Å²) >= 11 is 0. The first-order valence-electron chi connectivity index (χ1n) is 10.5. The van der Waals surface area contributed by atoms with Crippen LogP contribution in [0.3, 0.4) is 0 Å². The van der Waals surface area contributed by atoms with Crippen molar-refractivity contribution in [1.82, 2.24) is 19.9 Å². The summed E-state index contributed by atoms with van der Waals surface area (Å²) in [5.41, 5.74) is 2.17. The van der Waals surface area contributed by atoms with Gasteiger partial charge in [-0.25, -0.2) is 9.97 Å². The second kappa shape index (κ2) is 7.81. The van der Waals surface area contributed by atoms with Crippen LogP contribution in [0.5, 0.6) is 5.88 Å². The molecule has 9 heteroatoms. The van der Waals surface area contributed by atoms with Crippen molar-refractivity contribution in [3.63, 3.8) is 0 Å². The SMILES string of the molecule is COc1ccc2[nH]c(-c3ccc(N4CCC5(CCC(C(=O)O)CO5)CC4)nc3)nc2n1. The molecule has 5 heterocycles. The van der Waals surface area contributed by atoms with Crippen LogP contribution < -0.4 is 9.64 Å². The summed E-state index contributed by atoms with van der Waals surface area (Å²) in [5, 5.41) is 9.17. The number of piperidine rings is 1. The highest BCUT2D eigenvalue weighted by molar-refractivity contribution is 5.76. The van der Waals surface area contributed by atoms with Gasteiger partial charge >= 0.3 is 5.97 Å². The monoisotopic (exact) mass is 423 g/mol. The number of methoxy groups -OCH3 is 1. The molecule has 2 aliphatic rings. The molecule has 0 aliphatic carbocycles. The Balaban J connectivity index is 1.24. The number of pyridine rings is 2. The molecule has 0 bridgehead atoms. The minimum absolute atomic E-state index is 0.176. The maximum Gasteiger partial charge on any atom is 0.308 e. The van der Waals surface area contributed by atoms with Crippen molar-refractivity contribution in [2.24, 2.45) is 5.92 Å². The van der Waals surface area contributed by atoms with Gasteiger partial charge in [0.1, 0.15) is 11.6 Å². The molecule has 2 fully saturated rings. The maximum absolute atomic E-state index is 11.2. The molecule has 1 atom stereocenters. The Morgan fingerprint density at radius 3 is 2.71 bits per heavy atom. The highest BCUT2D eigenvalue weighted by atomic mass is 16.5. The number of aromatic nitrogens is 4. The Morgan fingerprint density at radius 2 is 2.06 bits per heavy atom. The minimum atomic E-state index is -0.754. The average molecular weight is 423 g/mol. The summed E-state index contributed by atoms with van der Waals surface area (Å²) in [6, 6.07) is 7.72. The van der Waals surface area contributed by atoms with Crippen molar-refractivity contribution in [3.05, 3.63) is 30.5 Å². The Morgan fingerprint density at radius 1 is 1.23 bits per heavy atom. The first-order chi connectivity index (χ1) is 15.0. The highest BCUT2D eigenvalue weighted by Gasteiger charge is 2.41. The Hall–Kier alpha value is -3.20. The fourth-order valence-electron chi connectivity index (χ4n) is 4.44. The molecule has 2 N–H and O–H groups in total. The molecule has 9 nitrogen and oxygen atoms in total. The van der Waals surface area contributed by atoms with Gasteiger partial charge in [0.15, 0.2) is 5.65 Å². The second-order valence-corrected chi connectivity index (χ2v) is 8.27. The zero-order chi connectivity index (χ0) is 21.4. The molecule has 0 radical (unpaired) electrons. The lowest BCUT2D eigenvalue weighted by Crippen LogP contribution is -2.50. The quantitative estimate of drug-likeness (QED) is 0.659. The van der Waals surface area contributed by atoms with E-state index in [1.54, 1.807) is 13.2 Å². The number of nitrogens with zero attached hydrogens (tertiary/aromatic N) is 4. The Bertz CT molecular complexity index is 1080. The number of nitrogens with one attached hydrogen (secondary N) is 1. The van der Waals surface area contributed by atoms with E-state index in [1.165, 1.54) is 0 Å². The molecule has 2 saturated heterocycles. The largest absolute Gasteiger partial charge is 0.481 e. The number of hydrogen-bond acceptors (Lipinski definition) is 7. The Labute approximate surface area is 179 Å². The van der Waals surface area contributed by atoms with Crippen LogP contribution in [0.1, 0.15) is 25.7 Å². The van der Waals surface area contributed by atoms with Crippen LogP contribution in [0.15, 0.2) is 30.5 Å². The molecule has 5 rings (SSSR count). The van der Waals surface area contributed by atoms with Crippen molar-refractivity contribution in [2.75, 3.05) is 31.7 Å². The van der Waals surface area contributed by atoms with Gasteiger partial charge in [0.2, 0.25) is 5.88 Å². The predicted molar refractivity (Wildman–Crippen MR) is 114 cm³/mol. The number of aliphatic carboxylic acids is 1. The fraction of sp³-hybridized carbons (Fsp3) is 0.455. The van der Waals surface area contributed by atoms with Gasteiger partial charge in [-0.1, -0.05) is 0 Å². The van der Waals surface area contributed by atoms with E-state index in [1.807, 2.05) is 24.4 Å². The summed E-state index contributed by atoms with van der Waals surface area (Å²) in [6.45, 7) is 2.01. The molecule has 0 saturated carbocycles. The third-order valence-electron chi connectivity index (χ3n) is 6.44. The highest BCUT2D eigenvalue weighted by Crippen LogP contribution is 2.37. The van der Waals surface area contributed by atoms with Crippen LogP contribution in [-0.4, -0.2) is 63.4 Å². The molecule has 1 unspecified atom stereocenters. The van der Waals surface area contributed by atoms with Gasteiger partial charge < -0.3 is 24.5 Å². The Kier molecular flexibility index (Phi) is 4.97. The van der Waals surface area contributed by atoms with Crippen LogP contribution in [0.4, 0.5) is 5.82 Å². The van der Waals surface area contributed by atoms with Crippen molar-refractivity contribution < 1.29 is 19.4 Å². The number of rotatable bonds is 4. The van der Waals surface area contributed by atoms with Crippen molar-refractivity contribution in [3.8, 4) is 17.3 Å². The second-order valence-electron chi connectivity index (χ2n) is 8.27. The number of hydrogen-bond donors (Lipinski definition) is 2. The predicted octanol–water partition coefficient (Wildman–Crippen LogP) is 2.88. The standard InChI is InChI=1S/C22H25N5O4/c1-30-18-5-3-16-20(25-18)26-19(24-16)14-2-4-17(23-12-14)27-10-8-22(9-11-27)7-6-15(13-31-22)21(28)29/h2-5,12,15H,6-11,13H2,1H3,(H,28,29)(H,24,25,26). The topological polar surface area (TPSA) is 113 Å². The normalized spacial score (nSPS) is 20.8. The van der Waals surface area contributed by atoms with E-state index in [9.17, 15) is 9.90 Å². The summed E-state index contributed by atoms with van der Waals surface area (Å²) in [5.74, 6) is 1.05. The zero-order valence-corrected chi connectivity index (χ0v) is 17.4. The van der Waals surface area contributed by atoms with E-state index in [0.717, 1.165) is 55.1 Å². The lowest BCUT2D eigenvalue weighted by atomic mass is 9.82. The lowest BCUT2D eigenvalue weighted by Gasteiger charge is -2.45. The van der Waals surface area contributed by atoms with Gasteiger partial charge in [0.05, 0.1) is 30.8 Å².